The molecule has 0 radical (unpaired) electrons. The number of benzene rings is 2. The van der Waals surface area contributed by atoms with E-state index in [4.69, 9.17) is 4.74 Å². The van der Waals surface area contributed by atoms with Gasteiger partial charge in [-0.25, -0.2) is 8.42 Å². The van der Waals surface area contributed by atoms with E-state index in [1.807, 2.05) is 0 Å². The highest BCUT2D eigenvalue weighted by Crippen LogP contribution is 2.36. The first-order valence-corrected chi connectivity index (χ1v) is 11.3. The Labute approximate surface area is 171 Å². The molecular weight excluding hydrogens is 388 g/mol. The van der Waals surface area contributed by atoms with E-state index in [0.717, 1.165) is 19.3 Å². The zero-order chi connectivity index (χ0) is 20.3. The van der Waals surface area contributed by atoms with Crippen molar-refractivity contribution in [3.05, 3.63) is 66.2 Å². The third kappa shape index (κ3) is 4.15. The molecule has 1 aliphatic carbocycles. The molecule has 1 heterocycles. The van der Waals surface area contributed by atoms with Gasteiger partial charge in [-0.15, -0.1) is 0 Å². The van der Waals surface area contributed by atoms with Crippen molar-refractivity contribution < 1.29 is 17.9 Å². The molecule has 6 nitrogen and oxygen atoms in total. The average Bonchev–Trinajstić information content (AvgIpc) is 2.78. The van der Waals surface area contributed by atoms with E-state index in [1.165, 1.54) is 16.3 Å². The highest BCUT2D eigenvalue weighted by molar-refractivity contribution is 7.92. The molecule has 29 heavy (non-hydrogen) atoms. The highest BCUT2D eigenvalue weighted by atomic mass is 32.2. The van der Waals surface area contributed by atoms with Gasteiger partial charge in [-0.2, -0.15) is 0 Å². The Balaban J connectivity index is 1.57. The number of para-hydroxylation sites is 2. The van der Waals surface area contributed by atoms with Gasteiger partial charge >= 0.3 is 0 Å². The number of anilines is 1. The molecule has 1 aliphatic heterocycles. The van der Waals surface area contributed by atoms with Crippen molar-refractivity contribution in [1.82, 2.24) is 5.32 Å². The van der Waals surface area contributed by atoms with E-state index < -0.39 is 16.1 Å². The van der Waals surface area contributed by atoms with Crippen molar-refractivity contribution in [2.24, 2.45) is 0 Å². The maximum Gasteiger partial charge on any atom is 0.264 e. The predicted octanol–water partition coefficient (Wildman–Crippen LogP) is 3.26. The second kappa shape index (κ2) is 8.29. The van der Waals surface area contributed by atoms with Crippen LogP contribution in [0, 0.1) is 0 Å². The van der Waals surface area contributed by atoms with Crippen molar-refractivity contribution in [1.29, 1.82) is 0 Å². The van der Waals surface area contributed by atoms with Gasteiger partial charge < -0.3 is 10.1 Å². The molecule has 0 spiro atoms. The third-order valence-corrected chi connectivity index (χ3v) is 7.03. The summed E-state index contributed by atoms with van der Waals surface area (Å²) in [5.74, 6) is 0.0783. The van der Waals surface area contributed by atoms with Gasteiger partial charge in [0.25, 0.3) is 15.9 Å². The molecule has 1 unspecified atom stereocenters. The summed E-state index contributed by atoms with van der Waals surface area (Å²) in [5.41, 5.74) is 1.66. The fourth-order valence-electron chi connectivity index (χ4n) is 3.67. The van der Waals surface area contributed by atoms with Gasteiger partial charge in [-0.3, -0.25) is 9.10 Å². The van der Waals surface area contributed by atoms with E-state index in [-0.39, 0.29) is 17.3 Å². The van der Waals surface area contributed by atoms with E-state index in [9.17, 15) is 13.2 Å². The molecule has 2 aromatic carbocycles. The van der Waals surface area contributed by atoms with Gasteiger partial charge in [-0.05, 0) is 49.9 Å². The van der Waals surface area contributed by atoms with Crippen LogP contribution in [0.15, 0.2) is 71.1 Å². The molecule has 0 saturated carbocycles. The molecule has 152 valence electrons. The Morgan fingerprint density at radius 1 is 1.07 bits per heavy atom. The van der Waals surface area contributed by atoms with Gasteiger partial charge in [0.05, 0.1) is 17.1 Å². The lowest BCUT2D eigenvalue weighted by atomic mass is 10.00. The van der Waals surface area contributed by atoms with E-state index in [0.29, 0.717) is 18.0 Å². The number of hydrogen-bond donors (Lipinski definition) is 1. The number of hydrogen-bond acceptors (Lipinski definition) is 4. The SMILES string of the molecule is O=C(NCC1=CCCCC1)C1CN(S(=O)(=O)c2ccccc2)c2ccccc2O1. The summed E-state index contributed by atoms with van der Waals surface area (Å²) in [5, 5.41) is 2.91. The van der Waals surface area contributed by atoms with Crippen LogP contribution in [-0.4, -0.2) is 33.5 Å². The smallest absolute Gasteiger partial charge is 0.264 e. The lowest BCUT2D eigenvalue weighted by molar-refractivity contribution is -0.127. The third-order valence-electron chi connectivity index (χ3n) is 5.23. The Bertz CT molecular complexity index is 1020. The van der Waals surface area contributed by atoms with Gasteiger partial charge in [-0.1, -0.05) is 42.0 Å². The molecule has 2 aromatic rings. The Morgan fingerprint density at radius 2 is 1.83 bits per heavy atom. The summed E-state index contributed by atoms with van der Waals surface area (Å²) in [6.45, 7) is 0.408. The highest BCUT2D eigenvalue weighted by Gasteiger charge is 2.37. The summed E-state index contributed by atoms with van der Waals surface area (Å²) in [4.78, 5) is 13.0. The number of nitrogens with zero attached hydrogens (tertiary/aromatic N) is 1. The quantitative estimate of drug-likeness (QED) is 0.765. The van der Waals surface area contributed by atoms with Crippen LogP contribution in [0.2, 0.25) is 0 Å². The fraction of sp³-hybridized carbons (Fsp3) is 0.318. The molecule has 0 saturated heterocycles. The van der Waals surface area contributed by atoms with Crippen molar-refractivity contribution in [3.63, 3.8) is 0 Å². The van der Waals surface area contributed by atoms with Crippen molar-refractivity contribution in [2.45, 2.75) is 36.7 Å². The Morgan fingerprint density at radius 3 is 2.59 bits per heavy atom. The van der Waals surface area contributed by atoms with E-state index >= 15 is 0 Å². The van der Waals surface area contributed by atoms with Gasteiger partial charge in [0.2, 0.25) is 0 Å². The topological polar surface area (TPSA) is 75.7 Å². The summed E-state index contributed by atoms with van der Waals surface area (Å²) in [6, 6.07) is 15.1. The van der Waals surface area contributed by atoms with Crippen LogP contribution in [0.5, 0.6) is 5.75 Å². The molecular formula is C22H24N2O4S. The first-order chi connectivity index (χ1) is 14.1. The van der Waals surface area contributed by atoms with Crippen LogP contribution in [0.3, 0.4) is 0 Å². The number of ether oxygens (including phenoxy) is 1. The molecule has 4 rings (SSSR count). The van der Waals surface area contributed by atoms with Gasteiger partial charge in [0.1, 0.15) is 5.75 Å². The number of rotatable bonds is 5. The Hall–Kier alpha value is -2.80. The second-order valence-electron chi connectivity index (χ2n) is 7.25. The second-order valence-corrected chi connectivity index (χ2v) is 9.11. The van der Waals surface area contributed by atoms with Gasteiger partial charge in [0.15, 0.2) is 6.10 Å². The molecule has 0 bridgehead atoms. The van der Waals surface area contributed by atoms with E-state index in [2.05, 4.69) is 11.4 Å². The van der Waals surface area contributed by atoms with Crippen LogP contribution in [-0.2, 0) is 14.8 Å². The molecule has 0 fully saturated rings. The normalized spacial score (nSPS) is 19.0. The monoisotopic (exact) mass is 412 g/mol. The number of sulfonamides is 1. The number of allylic oxidation sites excluding steroid dienone is 1. The maximum absolute atomic E-state index is 13.3. The molecule has 0 aromatic heterocycles. The zero-order valence-corrected chi connectivity index (χ0v) is 16.9. The first-order valence-electron chi connectivity index (χ1n) is 9.85. The molecule has 7 heteroatoms. The lowest BCUT2D eigenvalue weighted by Crippen LogP contribution is -2.51. The molecule has 1 N–H and O–H groups in total. The van der Waals surface area contributed by atoms with E-state index in [1.54, 1.807) is 54.6 Å². The summed E-state index contributed by atoms with van der Waals surface area (Å²) >= 11 is 0. The number of nitrogens with one attached hydrogen (secondary N) is 1. The minimum atomic E-state index is -3.82. The first kappa shape index (κ1) is 19.5. The van der Waals surface area contributed by atoms with Crippen LogP contribution >= 0.6 is 0 Å². The van der Waals surface area contributed by atoms with Crippen molar-refractivity contribution in [3.8, 4) is 5.75 Å². The van der Waals surface area contributed by atoms with Crippen LogP contribution < -0.4 is 14.4 Å². The number of amides is 1. The maximum atomic E-state index is 13.3. The number of carbonyl (C=O) groups is 1. The fourth-order valence-corrected chi connectivity index (χ4v) is 5.16. The predicted molar refractivity (Wildman–Crippen MR) is 111 cm³/mol. The minimum Gasteiger partial charge on any atom is -0.476 e. The molecule has 1 amide bonds. The van der Waals surface area contributed by atoms with Crippen LogP contribution in [0.4, 0.5) is 5.69 Å². The lowest BCUT2D eigenvalue weighted by Gasteiger charge is -2.34. The van der Waals surface area contributed by atoms with Crippen molar-refractivity contribution in [2.75, 3.05) is 17.4 Å². The zero-order valence-electron chi connectivity index (χ0n) is 16.1. The van der Waals surface area contributed by atoms with Crippen molar-refractivity contribution >= 4 is 21.6 Å². The molecule has 1 atom stereocenters. The standard InChI is InChI=1S/C22H24N2O4S/c25-22(23-15-17-9-3-1-4-10-17)21-16-24(19-13-7-8-14-20(19)28-21)29(26,27)18-11-5-2-6-12-18/h2,5-9,11-14,21H,1,3-4,10,15-16H2,(H,23,25). The van der Waals surface area contributed by atoms with Crippen LogP contribution in [0.1, 0.15) is 25.7 Å². The summed E-state index contributed by atoms with van der Waals surface area (Å²) in [7, 11) is -3.82. The number of fused-ring (bicyclic) bond motifs is 1. The largest absolute Gasteiger partial charge is 0.476 e. The average molecular weight is 413 g/mol. The Kier molecular flexibility index (Phi) is 5.58. The minimum absolute atomic E-state index is 0.0703. The van der Waals surface area contributed by atoms with Crippen LogP contribution in [0.25, 0.3) is 0 Å². The molecule has 2 aliphatic rings. The summed E-state index contributed by atoms with van der Waals surface area (Å²) in [6.07, 6.45) is 5.62. The summed E-state index contributed by atoms with van der Waals surface area (Å²) < 4.78 is 33.6. The number of carbonyl (C=O) groups excluding carboxylic acids is 1. The van der Waals surface area contributed by atoms with Gasteiger partial charge in [0, 0.05) is 6.54 Å².